The summed E-state index contributed by atoms with van der Waals surface area (Å²) in [6.07, 6.45) is 3.44. The summed E-state index contributed by atoms with van der Waals surface area (Å²) < 4.78 is 4.33. The number of halogens is 1. The zero-order chi connectivity index (χ0) is 28.5. The Morgan fingerprint density at radius 3 is 2.52 bits per heavy atom. The van der Waals surface area contributed by atoms with Crippen molar-refractivity contribution in [2.24, 2.45) is 11.8 Å². The molecule has 2 aromatic rings. The number of hydrogen-bond acceptors (Lipinski definition) is 6. The van der Waals surface area contributed by atoms with Crippen LogP contribution in [0.3, 0.4) is 0 Å². The Labute approximate surface area is 244 Å². The van der Waals surface area contributed by atoms with E-state index in [0.29, 0.717) is 48.8 Å². The summed E-state index contributed by atoms with van der Waals surface area (Å²) in [7, 11) is 0. The van der Waals surface area contributed by atoms with E-state index < -0.39 is 27.4 Å². The number of carbonyl (C=O) groups excluding carboxylic acids is 3. The van der Waals surface area contributed by atoms with Crippen LogP contribution >= 0.6 is 23.4 Å². The number of rotatable bonds is 11. The molecule has 40 heavy (non-hydrogen) atoms. The van der Waals surface area contributed by atoms with Gasteiger partial charge >= 0.3 is 0 Å². The molecule has 3 amide bonds. The Morgan fingerprint density at radius 1 is 1.07 bits per heavy atom. The van der Waals surface area contributed by atoms with Crippen molar-refractivity contribution in [1.82, 2.24) is 4.90 Å². The monoisotopic (exact) mass is 585 g/mol. The van der Waals surface area contributed by atoms with Crippen LogP contribution in [0.25, 0.3) is 0 Å². The Balaban J connectivity index is 1.44. The minimum atomic E-state index is -0.731. The summed E-state index contributed by atoms with van der Waals surface area (Å²) in [5.74, 6) is -1.10. The van der Waals surface area contributed by atoms with Gasteiger partial charge in [0.25, 0.3) is 0 Å². The molecule has 5 rings (SSSR count). The van der Waals surface area contributed by atoms with Gasteiger partial charge in [0.15, 0.2) is 0 Å². The average molecular weight is 586 g/mol. The van der Waals surface area contributed by atoms with Crippen LogP contribution < -0.4 is 15.4 Å². The smallest absolute Gasteiger partial charge is 0.248 e. The first-order valence-corrected chi connectivity index (χ1v) is 15.1. The number of thioether (sulfide) groups is 1. The standard InChI is InChI=1S/C30H36ClN3O5S/c1-3-39-20-13-11-19(12-14-20)32-26(36)23-24-28(38)34(17-7-4-8-18-35)25(30(24)16-15-29(23,2)40-30)27(37)33-22-10-6-5-9-21(22)31/h5-6,9-14,23-25,35H,3-4,7-8,15-18H2,1-2H3,(H,32,36)(H,33,37)/t23-,24-,25?,29+,30?/m0/s1. The predicted octanol–water partition coefficient (Wildman–Crippen LogP) is 4.96. The summed E-state index contributed by atoms with van der Waals surface area (Å²) in [4.78, 5) is 43.7. The lowest BCUT2D eigenvalue weighted by Gasteiger charge is -2.35. The summed E-state index contributed by atoms with van der Waals surface area (Å²) in [6, 6.07) is 13.5. The molecule has 3 N–H and O–H groups in total. The van der Waals surface area contributed by atoms with Crippen LogP contribution in [0.4, 0.5) is 11.4 Å². The molecule has 0 saturated carbocycles. The molecule has 214 valence electrons. The molecule has 3 heterocycles. The number of para-hydroxylation sites is 1. The van der Waals surface area contributed by atoms with Crippen molar-refractivity contribution in [3.63, 3.8) is 0 Å². The van der Waals surface area contributed by atoms with Crippen LogP contribution in [0, 0.1) is 11.8 Å². The van der Waals surface area contributed by atoms with E-state index >= 15 is 0 Å². The number of ether oxygens (including phenoxy) is 1. The first-order chi connectivity index (χ1) is 19.2. The minimum Gasteiger partial charge on any atom is -0.494 e. The Hall–Kier alpha value is -2.75. The van der Waals surface area contributed by atoms with E-state index in [-0.39, 0.29) is 24.3 Å². The highest BCUT2D eigenvalue weighted by molar-refractivity contribution is 8.02. The molecule has 3 aliphatic rings. The van der Waals surface area contributed by atoms with E-state index in [2.05, 4.69) is 17.6 Å². The quantitative estimate of drug-likeness (QED) is 0.322. The topological polar surface area (TPSA) is 108 Å². The number of nitrogens with zero attached hydrogens (tertiary/aromatic N) is 1. The first kappa shape index (κ1) is 28.8. The molecule has 1 spiro atoms. The fraction of sp³-hybridized carbons (Fsp3) is 0.500. The number of benzene rings is 2. The molecule has 5 atom stereocenters. The third-order valence-electron chi connectivity index (χ3n) is 8.43. The van der Waals surface area contributed by atoms with Crippen molar-refractivity contribution in [3.05, 3.63) is 53.6 Å². The number of fused-ring (bicyclic) bond motifs is 1. The largest absolute Gasteiger partial charge is 0.494 e. The van der Waals surface area contributed by atoms with Gasteiger partial charge in [0.05, 0.1) is 33.9 Å². The number of hydrogen-bond donors (Lipinski definition) is 3. The van der Waals surface area contributed by atoms with Crippen LogP contribution in [0.2, 0.25) is 5.02 Å². The molecule has 3 saturated heterocycles. The molecule has 0 aromatic heterocycles. The van der Waals surface area contributed by atoms with Crippen LogP contribution in [-0.2, 0) is 14.4 Å². The number of nitrogens with one attached hydrogen (secondary N) is 2. The van der Waals surface area contributed by atoms with Gasteiger partial charge in [0, 0.05) is 23.6 Å². The van der Waals surface area contributed by atoms with E-state index in [1.165, 1.54) is 0 Å². The zero-order valence-electron chi connectivity index (χ0n) is 22.8. The summed E-state index contributed by atoms with van der Waals surface area (Å²) in [6.45, 7) is 4.99. The second-order valence-electron chi connectivity index (χ2n) is 11.0. The van der Waals surface area contributed by atoms with Crippen LogP contribution in [0.1, 0.15) is 46.0 Å². The van der Waals surface area contributed by atoms with Gasteiger partial charge in [-0.2, -0.15) is 0 Å². The third-order valence-corrected chi connectivity index (χ3v) is 10.7. The molecular formula is C30H36ClN3O5S. The highest BCUT2D eigenvalue weighted by Crippen LogP contribution is 2.71. The molecule has 8 nitrogen and oxygen atoms in total. The second kappa shape index (κ2) is 11.6. The maximum absolute atomic E-state index is 14.2. The van der Waals surface area contributed by atoms with Crippen LogP contribution in [0.5, 0.6) is 5.75 Å². The van der Waals surface area contributed by atoms with Crippen molar-refractivity contribution >= 4 is 52.5 Å². The highest BCUT2D eigenvalue weighted by Gasteiger charge is 2.77. The summed E-state index contributed by atoms with van der Waals surface area (Å²) in [5.41, 5.74) is 1.13. The van der Waals surface area contributed by atoms with Crippen LogP contribution in [-0.4, -0.2) is 63.0 Å². The number of carbonyl (C=O) groups is 3. The predicted molar refractivity (Wildman–Crippen MR) is 158 cm³/mol. The van der Waals surface area contributed by atoms with Gasteiger partial charge in [0.2, 0.25) is 17.7 Å². The number of amides is 3. The number of anilines is 2. The Kier molecular flexibility index (Phi) is 8.36. The van der Waals surface area contributed by atoms with Gasteiger partial charge in [-0.1, -0.05) is 23.7 Å². The Morgan fingerprint density at radius 2 is 1.82 bits per heavy atom. The van der Waals surface area contributed by atoms with Gasteiger partial charge in [-0.05, 0) is 82.3 Å². The molecule has 2 aromatic carbocycles. The molecule has 3 fully saturated rings. The van der Waals surface area contributed by atoms with Crippen molar-refractivity contribution in [1.29, 1.82) is 0 Å². The lowest BCUT2D eigenvalue weighted by Crippen LogP contribution is -2.51. The second-order valence-corrected chi connectivity index (χ2v) is 13.3. The minimum absolute atomic E-state index is 0.0823. The maximum atomic E-state index is 14.2. The number of likely N-dealkylation sites (tertiary alicyclic amines) is 1. The number of aliphatic hydroxyl groups excluding tert-OH is 1. The van der Waals surface area contributed by atoms with Gasteiger partial charge in [-0.25, -0.2) is 0 Å². The maximum Gasteiger partial charge on any atom is 0.248 e. The van der Waals surface area contributed by atoms with Gasteiger partial charge < -0.3 is 25.4 Å². The van der Waals surface area contributed by atoms with Gasteiger partial charge in [-0.15, -0.1) is 11.8 Å². The summed E-state index contributed by atoms with van der Waals surface area (Å²) in [5, 5.41) is 15.7. The van der Waals surface area contributed by atoms with Gasteiger partial charge in [-0.3, -0.25) is 14.4 Å². The van der Waals surface area contributed by atoms with E-state index in [1.54, 1.807) is 53.1 Å². The normalized spacial score (nSPS) is 28.4. The zero-order valence-corrected chi connectivity index (χ0v) is 24.4. The van der Waals surface area contributed by atoms with E-state index in [1.807, 2.05) is 19.1 Å². The molecule has 3 aliphatic heterocycles. The SMILES string of the molecule is CCOc1ccc(NC(=O)[C@@H]2[C@H]3C(=O)N(CCCCCO)C(C(=O)Nc4ccccc4Cl)C34CC[C@@]2(C)S4)cc1. The van der Waals surface area contributed by atoms with Crippen molar-refractivity contribution in [2.75, 3.05) is 30.4 Å². The fourth-order valence-corrected chi connectivity index (χ4v) is 9.26. The van der Waals surface area contributed by atoms with E-state index in [0.717, 1.165) is 18.6 Å². The fourth-order valence-electron chi connectivity index (χ4n) is 6.72. The van der Waals surface area contributed by atoms with Crippen molar-refractivity contribution < 1.29 is 24.2 Å². The van der Waals surface area contributed by atoms with Gasteiger partial charge in [0.1, 0.15) is 11.8 Å². The molecule has 0 aliphatic carbocycles. The third kappa shape index (κ3) is 5.08. The first-order valence-electron chi connectivity index (χ1n) is 13.9. The lowest BCUT2D eigenvalue weighted by atomic mass is 9.66. The number of aliphatic hydroxyl groups is 1. The number of unbranched alkanes of at least 4 members (excludes halogenated alkanes) is 2. The molecule has 2 bridgehead atoms. The molecule has 0 radical (unpaired) electrons. The average Bonchev–Trinajstić information content (AvgIpc) is 3.50. The van der Waals surface area contributed by atoms with Crippen molar-refractivity contribution in [3.8, 4) is 5.75 Å². The molecule has 2 unspecified atom stereocenters. The van der Waals surface area contributed by atoms with Crippen LogP contribution in [0.15, 0.2) is 48.5 Å². The molecule has 10 heteroatoms. The van der Waals surface area contributed by atoms with Crippen molar-refractivity contribution in [2.45, 2.75) is 61.5 Å². The van der Waals surface area contributed by atoms with E-state index in [4.69, 9.17) is 16.3 Å². The lowest BCUT2D eigenvalue weighted by molar-refractivity contribution is -0.139. The van der Waals surface area contributed by atoms with E-state index in [9.17, 15) is 19.5 Å². The molecular weight excluding hydrogens is 550 g/mol. The summed E-state index contributed by atoms with van der Waals surface area (Å²) >= 11 is 7.99. The Bertz CT molecular complexity index is 1280. The highest BCUT2D eigenvalue weighted by atomic mass is 35.5.